The first kappa shape index (κ1) is 27.2. The monoisotopic (exact) mass is 559 g/mol. The highest BCUT2D eigenvalue weighted by Crippen LogP contribution is 2.30. The van der Waals surface area contributed by atoms with Crippen molar-refractivity contribution in [3.63, 3.8) is 0 Å². The number of amides is 1. The predicted octanol–water partition coefficient (Wildman–Crippen LogP) is 3.52. The first-order valence-corrected chi connectivity index (χ1v) is 13.0. The summed E-state index contributed by atoms with van der Waals surface area (Å²) < 4.78 is 45.6. The highest BCUT2D eigenvalue weighted by atomic mass is 19.4. The third-order valence-electron chi connectivity index (χ3n) is 6.69. The Morgan fingerprint density at radius 1 is 1.05 bits per heavy atom. The van der Waals surface area contributed by atoms with Gasteiger partial charge in [-0.2, -0.15) is 5.10 Å². The van der Waals surface area contributed by atoms with Gasteiger partial charge in [0.2, 0.25) is 5.91 Å². The summed E-state index contributed by atoms with van der Waals surface area (Å²) in [5.74, 6) is -0.179. The first-order valence-electron chi connectivity index (χ1n) is 13.0. The smallest absolute Gasteiger partial charge is 0.406 e. The number of alkyl halides is 3. The predicted molar refractivity (Wildman–Crippen MR) is 140 cm³/mol. The Morgan fingerprint density at radius 3 is 2.42 bits per heavy atom. The average molecular weight is 560 g/mol. The quantitative estimate of drug-likeness (QED) is 0.335. The van der Waals surface area contributed by atoms with E-state index in [1.54, 1.807) is 17.1 Å². The fourth-order valence-electron chi connectivity index (χ4n) is 4.98. The number of aryl methyl sites for hydroxylation is 1. The van der Waals surface area contributed by atoms with Crippen LogP contribution in [0.1, 0.15) is 33.1 Å². The highest BCUT2D eigenvalue weighted by Gasteiger charge is 2.33. The zero-order valence-electron chi connectivity index (χ0n) is 21.9. The SMILES string of the molecule is CCCn1c(=O)c2[nH]c(-c3cnn(CC4CC(=O)N(c5ccc(OC(F)(F)F)cc5)C4)c3)nc2n(CCC)c1=O. The number of halogens is 3. The lowest BCUT2D eigenvalue weighted by atomic mass is 10.1. The molecular formula is C26H28F3N7O4. The van der Waals surface area contributed by atoms with E-state index in [2.05, 4.69) is 19.8 Å². The molecule has 0 aliphatic carbocycles. The second-order valence-corrected chi connectivity index (χ2v) is 9.74. The van der Waals surface area contributed by atoms with Crippen LogP contribution in [0.4, 0.5) is 18.9 Å². The molecule has 0 radical (unpaired) electrons. The van der Waals surface area contributed by atoms with Crippen LogP contribution in [-0.2, 0) is 24.4 Å². The van der Waals surface area contributed by atoms with Crippen LogP contribution >= 0.6 is 0 Å². The summed E-state index contributed by atoms with van der Waals surface area (Å²) in [6.45, 7) is 5.37. The van der Waals surface area contributed by atoms with Crippen molar-refractivity contribution in [1.29, 1.82) is 0 Å². The number of anilines is 1. The van der Waals surface area contributed by atoms with Crippen LogP contribution in [-0.4, -0.2) is 47.7 Å². The van der Waals surface area contributed by atoms with Crippen molar-refractivity contribution in [3.05, 3.63) is 57.5 Å². The maximum absolute atomic E-state index is 13.0. The van der Waals surface area contributed by atoms with Gasteiger partial charge < -0.3 is 14.6 Å². The Hall–Kier alpha value is -4.36. The molecule has 1 aliphatic heterocycles. The molecule has 212 valence electrons. The molecule has 1 aromatic carbocycles. The number of fused-ring (bicyclic) bond motifs is 1. The zero-order valence-corrected chi connectivity index (χ0v) is 21.9. The number of H-pyrrole nitrogens is 1. The van der Waals surface area contributed by atoms with E-state index < -0.39 is 11.9 Å². The standard InChI is InChI=1S/C26H28F3N7O4/c1-3-9-34-23-21(24(38)35(10-4-2)25(34)39)31-22(32-23)17-12-30-33(15-17)13-16-11-20(37)36(14-16)18-5-7-19(8-6-18)40-26(27,28)29/h5-8,12,15-16H,3-4,9-11,13-14H2,1-2H3,(H,31,32). The first-order chi connectivity index (χ1) is 19.1. The lowest BCUT2D eigenvalue weighted by Gasteiger charge is -2.17. The molecule has 5 rings (SSSR count). The number of rotatable bonds is 9. The fraction of sp³-hybridized carbons (Fsp3) is 0.423. The molecule has 11 nitrogen and oxygen atoms in total. The molecule has 1 aliphatic rings. The van der Waals surface area contributed by atoms with Crippen molar-refractivity contribution in [2.24, 2.45) is 5.92 Å². The number of hydrogen-bond donors (Lipinski definition) is 1. The van der Waals surface area contributed by atoms with Gasteiger partial charge in [-0.15, -0.1) is 13.2 Å². The van der Waals surface area contributed by atoms with Crippen LogP contribution in [0.2, 0.25) is 0 Å². The number of benzene rings is 1. The van der Waals surface area contributed by atoms with Crippen molar-refractivity contribution in [2.75, 3.05) is 11.4 Å². The van der Waals surface area contributed by atoms with Crippen molar-refractivity contribution in [3.8, 4) is 17.1 Å². The molecule has 1 atom stereocenters. The lowest BCUT2D eigenvalue weighted by molar-refractivity contribution is -0.274. The number of carbonyl (C=O) groups is 1. The molecule has 1 saturated heterocycles. The summed E-state index contributed by atoms with van der Waals surface area (Å²) in [5.41, 5.74) is 0.867. The molecule has 1 N–H and O–H groups in total. The molecule has 0 saturated carbocycles. The molecule has 40 heavy (non-hydrogen) atoms. The summed E-state index contributed by atoms with van der Waals surface area (Å²) in [6.07, 6.45) is 0.146. The summed E-state index contributed by atoms with van der Waals surface area (Å²) in [5, 5.41) is 4.39. The molecule has 1 fully saturated rings. The number of hydrogen-bond acceptors (Lipinski definition) is 6. The second-order valence-electron chi connectivity index (χ2n) is 9.74. The van der Waals surface area contributed by atoms with Crippen LogP contribution in [0.3, 0.4) is 0 Å². The highest BCUT2D eigenvalue weighted by molar-refractivity contribution is 5.95. The lowest BCUT2D eigenvalue weighted by Crippen LogP contribution is -2.40. The fourth-order valence-corrected chi connectivity index (χ4v) is 4.98. The number of imidazole rings is 1. The Kier molecular flexibility index (Phi) is 7.25. The van der Waals surface area contributed by atoms with Crippen LogP contribution in [0.15, 0.2) is 46.2 Å². The third-order valence-corrected chi connectivity index (χ3v) is 6.69. The van der Waals surface area contributed by atoms with Gasteiger partial charge in [0.15, 0.2) is 5.65 Å². The number of nitrogens with one attached hydrogen (secondary N) is 1. The molecule has 1 unspecified atom stereocenters. The van der Waals surface area contributed by atoms with E-state index >= 15 is 0 Å². The van der Waals surface area contributed by atoms with Crippen LogP contribution in [0.25, 0.3) is 22.6 Å². The van der Waals surface area contributed by atoms with Crippen LogP contribution < -0.4 is 20.9 Å². The van der Waals surface area contributed by atoms with Crippen molar-refractivity contribution < 1.29 is 22.7 Å². The normalized spacial score (nSPS) is 15.9. The number of carbonyl (C=O) groups excluding carboxylic acids is 1. The number of ether oxygens (including phenoxy) is 1. The topological polar surface area (TPSA) is 120 Å². The largest absolute Gasteiger partial charge is 0.573 e. The Balaban J connectivity index is 1.33. The van der Waals surface area contributed by atoms with E-state index in [9.17, 15) is 27.6 Å². The molecule has 1 amide bonds. The number of nitrogens with zero attached hydrogens (tertiary/aromatic N) is 6. The van der Waals surface area contributed by atoms with Crippen LogP contribution in [0.5, 0.6) is 5.75 Å². The van der Waals surface area contributed by atoms with Gasteiger partial charge in [-0.1, -0.05) is 13.8 Å². The Bertz CT molecular complexity index is 1650. The summed E-state index contributed by atoms with van der Waals surface area (Å²) in [7, 11) is 0. The Morgan fingerprint density at radius 2 is 1.75 bits per heavy atom. The zero-order chi connectivity index (χ0) is 28.6. The summed E-state index contributed by atoms with van der Waals surface area (Å²) in [6, 6.07) is 5.18. The van der Waals surface area contributed by atoms with Gasteiger partial charge in [0, 0.05) is 50.4 Å². The molecule has 14 heteroatoms. The van der Waals surface area contributed by atoms with Crippen molar-refractivity contribution >= 4 is 22.8 Å². The minimum Gasteiger partial charge on any atom is -0.406 e. The molecule has 0 spiro atoms. The maximum Gasteiger partial charge on any atom is 0.573 e. The van der Waals surface area contributed by atoms with E-state index in [1.807, 2.05) is 13.8 Å². The minimum absolute atomic E-state index is 0.0852. The maximum atomic E-state index is 13.0. The van der Waals surface area contributed by atoms with E-state index in [0.29, 0.717) is 61.7 Å². The van der Waals surface area contributed by atoms with E-state index in [0.717, 1.165) is 0 Å². The van der Waals surface area contributed by atoms with Gasteiger partial charge in [-0.05, 0) is 37.1 Å². The van der Waals surface area contributed by atoms with Gasteiger partial charge >= 0.3 is 12.1 Å². The van der Waals surface area contributed by atoms with Gasteiger partial charge in [0.25, 0.3) is 5.56 Å². The van der Waals surface area contributed by atoms with Crippen molar-refractivity contribution in [2.45, 2.75) is 59.1 Å². The Labute approximate surface area is 225 Å². The van der Waals surface area contributed by atoms with Gasteiger partial charge in [0.05, 0.1) is 11.8 Å². The molecule has 4 heterocycles. The average Bonchev–Trinajstić information content (AvgIpc) is 3.63. The molecule has 0 bridgehead atoms. The van der Waals surface area contributed by atoms with Gasteiger partial charge in [-0.3, -0.25) is 23.4 Å². The van der Waals surface area contributed by atoms with Crippen molar-refractivity contribution in [1.82, 2.24) is 28.9 Å². The third kappa shape index (κ3) is 5.38. The summed E-state index contributed by atoms with van der Waals surface area (Å²) >= 11 is 0. The minimum atomic E-state index is -4.79. The summed E-state index contributed by atoms with van der Waals surface area (Å²) in [4.78, 5) is 47.7. The van der Waals surface area contributed by atoms with E-state index in [1.165, 1.54) is 38.3 Å². The molecule has 4 aromatic rings. The van der Waals surface area contributed by atoms with E-state index in [-0.39, 0.29) is 35.2 Å². The molecule has 3 aromatic heterocycles. The number of aromatic amines is 1. The second kappa shape index (κ2) is 10.7. The van der Waals surface area contributed by atoms with Gasteiger partial charge in [-0.25, -0.2) is 9.78 Å². The van der Waals surface area contributed by atoms with Gasteiger partial charge in [0.1, 0.15) is 17.1 Å². The van der Waals surface area contributed by atoms with Crippen LogP contribution in [0, 0.1) is 5.92 Å². The molecular weight excluding hydrogens is 531 g/mol. The number of aromatic nitrogens is 6. The van der Waals surface area contributed by atoms with E-state index in [4.69, 9.17) is 0 Å².